The van der Waals surface area contributed by atoms with Crippen molar-refractivity contribution in [1.29, 1.82) is 0 Å². The first-order valence-electron chi connectivity index (χ1n) is 11.8. The molecule has 0 bridgehead atoms. The zero-order valence-corrected chi connectivity index (χ0v) is 18.9. The van der Waals surface area contributed by atoms with Crippen LogP contribution < -0.4 is 10.6 Å². The van der Waals surface area contributed by atoms with Gasteiger partial charge in [-0.15, -0.1) is 0 Å². The Bertz CT molecular complexity index is 633. The lowest BCUT2D eigenvalue weighted by Gasteiger charge is -2.48. The molecule has 1 aromatic carbocycles. The summed E-state index contributed by atoms with van der Waals surface area (Å²) in [5, 5.41) is 6.21. The van der Waals surface area contributed by atoms with E-state index in [9.17, 15) is 4.79 Å². The predicted molar refractivity (Wildman–Crippen MR) is 122 cm³/mol. The topological polar surface area (TPSA) is 56.8 Å². The molecule has 0 unspecified atom stereocenters. The van der Waals surface area contributed by atoms with E-state index in [1.54, 1.807) is 0 Å². The minimum absolute atomic E-state index is 0.0691. The number of carbonyl (C=O) groups is 1. The Kier molecular flexibility index (Phi) is 8.97. The molecule has 3 rings (SSSR count). The molecule has 30 heavy (non-hydrogen) atoms. The highest BCUT2D eigenvalue weighted by molar-refractivity contribution is 5.73. The fourth-order valence-electron chi connectivity index (χ4n) is 4.81. The molecule has 0 atom stereocenters. The Balaban J connectivity index is 1.46. The second kappa shape index (κ2) is 11.7. The van der Waals surface area contributed by atoms with E-state index in [2.05, 4.69) is 58.5 Å². The molecule has 1 saturated heterocycles. The molecule has 6 heteroatoms. The number of urea groups is 1. The molecule has 1 aliphatic heterocycles. The van der Waals surface area contributed by atoms with E-state index in [1.807, 2.05) is 0 Å². The summed E-state index contributed by atoms with van der Waals surface area (Å²) < 4.78 is 5.55. The van der Waals surface area contributed by atoms with Crippen LogP contribution in [0.25, 0.3) is 0 Å². The van der Waals surface area contributed by atoms with Crippen molar-refractivity contribution in [3.8, 4) is 0 Å². The largest absolute Gasteiger partial charge is 0.379 e. The molecule has 2 N–H and O–H groups in total. The van der Waals surface area contributed by atoms with E-state index in [4.69, 9.17) is 4.74 Å². The molecule has 2 fully saturated rings. The summed E-state index contributed by atoms with van der Waals surface area (Å²) in [5.74, 6) is 0. The van der Waals surface area contributed by atoms with E-state index >= 15 is 0 Å². The van der Waals surface area contributed by atoms with E-state index in [0.717, 1.165) is 58.0 Å². The molecule has 1 saturated carbocycles. The van der Waals surface area contributed by atoms with Crippen LogP contribution in [0.4, 0.5) is 4.79 Å². The summed E-state index contributed by atoms with van der Waals surface area (Å²) >= 11 is 0. The first kappa shape index (κ1) is 23.0. The Morgan fingerprint density at radius 1 is 1.00 bits per heavy atom. The van der Waals surface area contributed by atoms with Crippen LogP contribution in [0.1, 0.15) is 57.1 Å². The first-order valence-corrected chi connectivity index (χ1v) is 11.8. The van der Waals surface area contributed by atoms with E-state index in [1.165, 1.54) is 37.7 Å². The first-order chi connectivity index (χ1) is 14.6. The molecule has 6 nitrogen and oxygen atoms in total. The van der Waals surface area contributed by atoms with Gasteiger partial charge < -0.3 is 15.4 Å². The second-order valence-electron chi connectivity index (χ2n) is 8.70. The van der Waals surface area contributed by atoms with Gasteiger partial charge >= 0.3 is 6.03 Å². The lowest BCUT2D eigenvalue weighted by molar-refractivity contribution is -0.0357. The van der Waals surface area contributed by atoms with Gasteiger partial charge in [0.1, 0.15) is 0 Å². The maximum atomic E-state index is 12.5. The van der Waals surface area contributed by atoms with Crippen LogP contribution in [0.5, 0.6) is 0 Å². The molecular formula is C24H40N4O2. The van der Waals surface area contributed by atoms with Gasteiger partial charge in [0.25, 0.3) is 0 Å². The number of morpholine rings is 1. The Hall–Kier alpha value is -1.63. The highest BCUT2D eigenvalue weighted by Gasteiger charge is 2.38. The Labute approximate surface area is 182 Å². The highest BCUT2D eigenvalue weighted by Crippen LogP contribution is 2.33. The number of nitrogens with one attached hydrogen (secondary N) is 2. The summed E-state index contributed by atoms with van der Waals surface area (Å²) in [7, 11) is 0. The van der Waals surface area contributed by atoms with Crippen LogP contribution >= 0.6 is 0 Å². The van der Waals surface area contributed by atoms with Crippen molar-refractivity contribution in [3.63, 3.8) is 0 Å². The molecular weight excluding hydrogens is 376 g/mol. The number of hydrogen-bond acceptors (Lipinski definition) is 4. The lowest BCUT2D eigenvalue weighted by Crippen LogP contribution is -2.60. The van der Waals surface area contributed by atoms with Gasteiger partial charge in [-0.3, -0.25) is 9.80 Å². The average molecular weight is 417 g/mol. The Morgan fingerprint density at radius 2 is 1.63 bits per heavy atom. The van der Waals surface area contributed by atoms with Gasteiger partial charge in [-0.1, -0.05) is 57.4 Å². The molecule has 168 valence electrons. The number of nitrogens with zero attached hydrogens (tertiary/aromatic N) is 2. The molecule has 2 amide bonds. The van der Waals surface area contributed by atoms with E-state index < -0.39 is 0 Å². The van der Waals surface area contributed by atoms with Crippen molar-refractivity contribution >= 4 is 6.03 Å². The molecule has 1 aromatic rings. The summed E-state index contributed by atoms with van der Waals surface area (Å²) in [4.78, 5) is 17.5. The number of ether oxygens (including phenoxy) is 1. The second-order valence-corrected chi connectivity index (χ2v) is 8.70. The third-order valence-electron chi connectivity index (χ3n) is 6.82. The van der Waals surface area contributed by atoms with Crippen LogP contribution in [0, 0.1) is 0 Å². The van der Waals surface area contributed by atoms with Gasteiger partial charge in [-0.05, 0) is 37.1 Å². The minimum atomic E-state index is -0.0691. The van der Waals surface area contributed by atoms with Crippen LogP contribution in [0.2, 0.25) is 0 Å². The SMILES string of the molecule is CCN(CC)Cc1ccc(CNC(=O)NCC2(N3CCOCC3)CCCCC2)cc1. The molecule has 0 radical (unpaired) electrons. The van der Waals surface area contributed by atoms with Crippen molar-refractivity contribution in [1.82, 2.24) is 20.4 Å². The van der Waals surface area contributed by atoms with Crippen LogP contribution in [0.15, 0.2) is 24.3 Å². The number of benzene rings is 1. The van der Waals surface area contributed by atoms with Crippen molar-refractivity contribution in [2.45, 2.75) is 64.6 Å². The minimum Gasteiger partial charge on any atom is -0.379 e. The quantitative estimate of drug-likeness (QED) is 0.648. The number of hydrogen-bond donors (Lipinski definition) is 2. The van der Waals surface area contributed by atoms with Gasteiger partial charge in [-0.25, -0.2) is 4.79 Å². The smallest absolute Gasteiger partial charge is 0.315 e. The zero-order valence-electron chi connectivity index (χ0n) is 18.9. The maximum absolute atomic E-state index is 12.5. The predicted octanol–water partition coefficient (Wildman–Crippen LogP) is 3.36. The highest BCUT2D eigenvalue weighted by atomic mass is 16.5. The molecule has 0 aromatic heterocycles. The third-order valence-corrected chi connectivity index (χ3v) is 6.82. The van der Waals surface area contributed by atoms with Crippen LogP contribution in [0.3, 0.4) is 0 Å². The van der Waals surface area contributed by atoms with Crippen molar-refractivity contribution in [3.05, 3.63) is 35.4 Å². The summed E-state index contributed by atoms with van der Waals surface area (Å²) in [6.07, 6.45) is 6.14. The fraction of sp³-hybridized carbons (Fsp3) is 0.708. The van der Waals surface area contributed by atoms with Crippen molar-refractivity contribution < 1.29 is 9.53 Å². The third kappa shape index (κ3) is 6.43. The average Bonchev–Trinajstić information content (AvgIpc) is 2.82. The summed E-state index contributed by atoms with van der Waals surface area (Å²) in [5.41, 5.74) is 2.55. The molecule has 1 aliphatic carbocycles. The van der Waals surface area contributed by atoms with Gasteiger partial charge in [-0.2, -0.15) is 0 Å². The lowest BCUT2D eigenvalue weighted by atomic mass is 9.80. The summed E-state index contributed by atoms with van der Waals surface area (Å²) in [6.45, 7) is 12.3. The van der Waals surface area contributed by atoms with E-state index in [-0.39, 0.29) is 11.6 Å². The van der Waals surface area contributed by atoms with E-state index in [0.29, 0.717) is 6.54 Å². The van der Waals surface area contributed by atoms with Gasteiger partial charge in [0.05, 0.1) is 13.2 Å². The molecule has 2 aliphatic rings. The Morgan fingerprint density at radius 3 is 2.27 bits per heavy atom. The standard InChI is InChI=1S/C24H40N4O2/c1-3-27(4-2)19-22-10-8-21(9-11-22)18-25-23(29)26-20-24(12-6-5-7-13-24)28-14-16-30-17-15-28/h8-11H,3-7,12-20H2,1-2H3,(H2,25,26,29). The zero-order chi connectivity index (χ0) is 21.2. The molecule has 0 spiro atoms. The number of carbonyl (C=O) groups excluding carboxylic acids is 1. The monoisotopic (exact) mass is 416 g/mol. The van der Waals surface area contributed by atoms with Gasteiger partial charge in [0.15, 0.2) is 0 Å². The number of rotatable bonds is 9. The molecule has 1 heterocycles. The van der Waals surface area contributed by atoms with Crippen molar-refractivity contribution in [2.75, 3.05) is 45.9 Å². The van der Waals surface area contributed by atoms with Gasteiger partial charge in [0.2, 0.25) is 0 Å². The van der Waals surface area contributed by atoms with Crippen LogP contribution in [-0.2, 0) is 17.8 Å². The summed E-state index contributed by atoms with van der Waals surface area (Å²) in [6, 6.07) is 8.51. The van der Waals surface area contributed by atoms with Crippen LogP contribution in [-0.4, -0.2) is 67.3 Å². The fourth-order valence-corrected chi connectivity index (χ4v) is 4.81. The van der Waals surface area contributed by atoms with Gasteiger partial charge in [0, 0.05) is 38.3 Å². The maximum Gasteiger partial charge on any atom is 0.315 e. The number of amides is 2. The normalized spacial score (nSPS) is 19.6. The van der Waals surface area contributed by atoms with Crippen molar-refractivity contribution in [2.24, 2.45) is 0 Å².